The number of carbonyl (C=O) groups excluding carboxylic acids is 2. The van der Waals surface area contributed by atoms with Crippen molar-refractivity contribution in [1.82, 2.24) is 0 Å². The van der Waals surface area contributed by atoms with E-state index in [1.165, 1.54) is 0 Å². The minimum absolute atomic E-state index is 0.0405. The summed E-state index contributed by atoms with van der Waals surface area (Å²) in [5.74, 6) is -2.18. The van der Waals surface area contributed by atoms with E-state index in [-0.39, 0.29) is 58.1 Å². The molecule has 0 saturated carbocycles. The molecule has 5 N–H and O–H groups in total. The molecule has 1 unspecified atom stereocenters. The highest BCUT2D eigenvalue weighted by atomic mass is 19.3. The number of aliphatic hydroxyl groups excluding tert-OH is 3. The number of terminal acetylenes is 1. The van der Waals surface area contributed by atoms with Crippen molar-refractivity contribution in [3.8, 4) is 18.1 Å². The Labute approximate surface area is 255 Å². The van der Waals surface area contributed by atoms with Crippen LogP contribution in [0, 0.1) is 18.3 Å². The van der Waals surface area contributed by atoms with Gasteiger partial charge in [-0.2, -0.15) is 0 Å². The highest BCUT2D eigenvalue weighted by Crippen LogP contribution is 2.34. The zero-order valence-electron chi connectivity index (χ0n) is 23.9. The van der Waals surface area contributed by atoms with Crippen LogP contribution in [-0.4, -0.2) is 115 Å². The second-order valence-electron chi connectivity index (χ2n) is 9.50. The van der Waals surface area contributed by atoms with E-state index in [4.69, 9.17) is 35.6 Å². The summed E-state index contributed by atoms with van der Waals surface area (Å²) in [6, 6.07) is 2.99. The number of carboxylic acid groups (broad SMARTS) is 1. The maximum Gasteiger partial charge on any atom is 0.335 e. The van der Waals surface area contributed by atoms with Crippen LogP contribution < -0.4 is 10.1 Å². The van der Waals surface area contributed by atoms with Crippen LogP contribution in [-0.2, 0) is 33.3 Å². The molecule has 1 fully saturated rings. The number of halogens is 2. The maximum atomic E-state index is 13.9. The first kappa shape index (κ1) is 37.3. The van der Waals surface area contributed by atoms with E-state index in [9.17, 15) is 43.6 Å². The predicted molar refractivity (Wildman–Crippen MR) is 148 cm³/mol. The molecule has 0 spiro atoms. The van der Waals surface area contributed by atoms with Crippen molar-refractivity contribution >= 4 is 23.3 Å². The van der Waals surface area contributed by atoms with E-state index in [1.54, 1.807) is 0 Å². The lowest BCUT2D eigenvalue weighted by atomic mass is 9.97. The SMILES string of the molecule is C#CCOCCOCCOCC(=O)CC(CCN=[N+]=[N-])C(=O)Nc1ccc(O[C@H]2O[C@@H](C(=O)O)[C@H](O)[C@@H](O)[C@@H]2O)c(C(F)F)c1. The van der Waals surface area contributed by atoms with Gasteiger partial charge in [-0.3, -0.25) is 9.59 Å². The molecule has 1 saturated heterocycles. The van der Waals surface area contributed by atoms with Gasteiger partial charge in [0, 0.05) is 29.5 Å². The number of nitrogens with one attached hydrogen (secondary N) is 1. The number of amides is 1. The first-order valence-corrected chi connectivity index (χ1v) is 13.5. The zero-order chi connectivity index (χ0) is 33.4. The van der Waals surface area contributed by atoms with Gasteiger partial charge >= 0.3 is 5.97 Å². The van der Waals surface area contributed by atoms with Crippen molar-refractivity contribution in [2.75, 3.05) is 51.5 Å². The van der Waals surface area contributed by atoms with Crippen LogP contribution >= 0.6 is 0 Å². The summed E-state index contributed by atoms with van der Waals surface area (Å²) in [5, 5.41) is 44.9. The highest BCUT2D eigenvalue weighted by Gasteiger charge is 2.48. The van der Waals surface area contributed by atoms with Gasteiger partial charge in [-0.25, -0.2) is 13.6 Å². The van der Waals surface area contributed by atoms with Crippen molar-refractivity contribution < 1.29 is 67.3 Å². The molecule has 1 aliphatic heterocycles. The summed E-state index contributed by atoms with van der Waals surface area (Å²) in [7, 11) is 0. The van der Waals surface area contributed by atoms with E-state index >= 15 is 0 Å². The summed E-state index contributed by atoms with van der Waals surface area (Å²) in [4.78, 5) is 39.4. The smallest absolute Gasteiger partial charge is 0.335 e. The number of benzene rings is 1. The Morgan fingerprint density at radius 3 is 2.42 bits per heavy atom. The number of aliphatic carboxylic acids is 1. The van der Waals surface area contributed by atoms with Crippen molar-refractivity contribution in [2.45, 2.75) is 50.0 Å². The van der Waals surface area contributed by atoms with Crippen LogP contribution in [0.15, 0.2) is 23.3 Å². The molecule has 0 aliphatic carbocycles. The number of alkyl halides is 2. The fourth-order valence-corrected chi connectivity index (χ4v) is 4.00. The second-order valence-corrected chi connectivity index (χ2v) is 9.50. The third kappa shape index (κ3) is 12.2. The van der Waals surface area contributed by atoms with Gasteiger partial charge in [0.15, 0.2) is 11.9 Å². The Kier molecular flexibility index (Phi) is 16.1. The molecule has 1 amide bonds. The molecule has 1 aliphatic rings. The van der Waals surface area contributed by atoms with E-state index in [0.29, 0.717) is 6.61 Å². The Morgan fingerprint density at radius 1 is 1.09 bits per heavy atom. The van der Waals surface area contributed by atoms with Gasteiger partial charge in [-0.1, -0.05) is 11.0 Å². The molecule has 6 atom stereocenters. The Morgan fingerprint density at radius 2 is 1.78 bits per heavy atom. The van der Waals surface area contributed by atoms with Gasteiger partial charge in [0.1, 0.15) is 37.3 Å². The molecule has 18 heteroatoms. The highest BCUT2D eigenvalue weighted by molar-refractivity contribution is 5.95. The average Bonchev–Trinajstić information content (AvgIpc) is 3.00. The van der Waals surface area contributed by atoms with E-state index in [2.05, 4.69) is 21.3 Å². The molecule has 16 nitrogen and oxygen atoms in total. The van der Waals surface area contributed by atoms with E-state index in [1.807, 2.05) is 0 Å². The van der Waals surface area contributed by atoms with Crippen LogP contribution in [0.3, 0.4) is 0 Å². The lowest BCUT2D eigenvalue weighted by Crippen LogP contribution is -2.61. The lowest BCUT2D eigenvalue weighted by molar-refractivity contribution is -0.271. The normalized spacial score (nSPS) is 21.8. The number of nitrogens with zero attached hydrogens (tertiary/aromatic N) is 3. The summed E-state index contributed by atoms with van der Waals surface area (Å²) in [6.45, 7) is 0.512. The van der Waals surface area contributed by atoms with Crippen molar-refractivity contribution in [1.29, 1.82) is 0 Å². The first-order valence-electron chi connectivity index (χ1n) is 13.5. The van der Waals surface area contributed by atoms with Crippen molar-refractivity contribution in [3.63, 3.8) is 0 Å². The van der Waals surface area contributed by atoms with Crippen LogP contribution in [0.25, 0.3) is 10.4 Å². The average molecular weight is 645 g/mol. The monoisotopic (exact) mass is 644 g/mol. The quantitative estimate of drug-likeness (QED) is 0.0435. The molecular formula is C27H34F2N4O12. The van der Waals surface area contributed by atoms with E-state index < -0.39 is 72.0 Å². The maximum absolute atomic E-state index is 13.9. The number of ether oxygens (including phenoxy) is 5. The molecule has 1 aromatic rings. The second kappa shape index (κ2) is 19.5. The third-order valence-electron chi connectivity index (χ3n) is 6.25. The number of carbonyl (C=O) groups is 3. The standard InChI is InChI=1S/C27H34F2N4O12/c1-2-7-41-8-9-42-10-11-43-14-17(34)12-15(5-6-31-33-30)25(38)32-16-3-4-19(18(13-16)24(28)29)44-27-22(37)20(35)21(36)23(45-27)26(39)40/h1,3-4,13,15,20-24,27,35-37H,5-12,14H2,(H,32,38)(H,39,40)/t15?,20-,21-,22+,23-,27+/m1/s1. The molecule has 2 rings (SSSR count). The topological polar surface area (TPSA) is 239 Å². The molecule has 0 bridgehead atoms. The number of hydrogen-bond acceptors (Lipinski definition) is 12. The number of azide groups is 1. The zero-order valence-corrected chi connectivity index (χ0v) is 23.9. The predicted octanol–water partition coefficient (Wildman–Crippen LogP) is 0.793. The van der Waals surface area contributed by atoms with Gasteiger partial charge in [0.25, 0.3) is 6.43 Å². The molecule has 248 valence electrons. The minimum Gasteiger partial charge on any atom is -0.479 e. The first-order chi connectivity index (χ1) is 21.5. The van der Waals surface area contributed by atoms with Gasteiger partial charge in [-0.05, 0) is 30.2 Å². The molecule has 0 radical (unpaired) electrons. The van der Waals surface area contributed by atoms with Gasteiger partial charge in [0.05, 0.1) is 32.0 Å². The largest absolute Gasteiger partial charge is 0.479 e. The van der Waals surface area contributed by atoms with Crippen LogP contribution in [0.5, 0.6) is 5.75 Å². The number of aliphatic hydroxyl groups is 3. The fraction of sp³-hybridized carbons (Fsp3) is 0.593. The Hall–Kier alpha value is -3.92. The fourth-order valence-electron chi connectivity index (χ4n) is 4.00. The summed E-state index contributed by atoms with van der Waals surface area (Å²) < 4.78 is 53.6. The van der Waals surface area contributed by atoms with Gasteiger partial charge < -0.3 is 49.4 Å². The van der Waals surface area contributed by atoms with Crippen molar-refractivity contribution in [3.05, 3.63) is 34.2 Å². The third-order valence-corrected chi connectivity index (χ3v) is 6.25. The number of hydrogen-bond donors (Lipinski definition) is 5. The number of ketones is 1. The van der Waals surface area contributed by atoms with Crippen molar-refractivity contribution in [2.24, 2.45) is 11.0 Å². The molecule has 1 heterocycles. The molecule has 0 aromatic heterocycles. The number of rotatable bonds is 20. The number of anilines is 1. The van der Waals surface area contributed by atoms with E-state index in [0.717, 1.165) is 18.2 Å². The summed E-state index contributed by atoms with van der Waals surface area (Å²) >= 11 is 0. The Balaban J connectivity index is 2.03. The van der Waals surface area contributed by atoms with Crippen LogP contribution in [0.2, 0.25) is 0 Å². The lowest BCUT2D eigenvalue weighted by Gasteiger charge is -2.38. The van der Waals surface area contributed by atoms with Gasteiger partial charge in [0.2, 0.25) is 12.2 Å². The van der Waals surface area contributed by atoms with Gasteiger partial charge in [-0.15, -0.1) is 6.42 Å². The van der Waals surface area contributed by atoms with Crippen LogP contribution in [0.1, 0.15) is 24.8 Å². The molecule has 45 heavy (non-hydrogen) atoms. The summed E-state index contributed by atoms with van der Waals surface area (Å²) in [5.41, 5.74) is 7.65. The Bertz CT molecular complexity index is 1230. The minimum atomic E-state index is -3.19. The van der Waals surface area contributed by atoms with Crippen LogP contribution in [0.4, 0.5) is 14.5 Å². The number of Topliss-reactive ketones (excluding diaryl/α,β-unsaturated/α-hetero) is 1. The molecular weight excluding hydrogens is 610 g/mol. The molecule has 1 aromatic carbocycles. The summed E-state index contributed by atoms with van der Waals surface area (Å²) in [6.07, 6.45) is -8.49. The number of carboxylic acids is 1.